The van der Waals surface area contributed by atoms with Crippen molar-refractivity contribution in [3.63, 3.8) is 0 Å². The molecule has 1 heteroatoms. The van der Waals surface area contributed by atoms with Gasteiger partial charge in [0.05, 0.1) is 0 Å². The Hall–Kier alpha value is -0.0400. The van der Waals surface area contributed by atoms with Crippen LogP contribution in [-0.2, 0) is 0 Å². The molecule has 0 heterocycles. The molecule has 14 heavy (non-hydrogen) atoms. The van der Waals surface area contributed by atoms with Gasteiger partial charge in [-0.3, -0.25) is 0 Å². The van der Waals surface area contributed by atoms with E-state index in [-0.39, 0.29) is 0 Å². The molecule has 0 aromatic rings. The second-order valence-electron chi connectivity index (χ2n) is 5.37. The van der Waals surface area contributed by atoms with Crippen molar-refractivity contribution in [2.45, 2.75) is 76.8 Å². The summed E-state index contributed by atoms with van der Waals surface area (Å²) < 4.78 is 0. The highest BCUT2D eigenvalue weighted by atomic mass is 15.0. The van der Waals surface area contributed by atoms with Crippen LogP contribution in [0.3, 0.4) is 0 Å². The van der Waals surface area contributed by atoms with E-state index in [4.69, 9.17) is 0 Å². The maximum absolute atomic E-state index is 3.87. The van der Waals surface area contributed by atoms with Crippen LogP contribution in [0, 0.1) is 5.92 Å². The number of nitrogens with one attached hydrogen (secondary N) is 1. The van der Waals surface area contributed by atoms with Crippen LogP contribution in [0.2, 0.25) is 0 Å². The summed E-state index contributed by atoms with van der Waals surface area (Å²) in [5.41, 5.74) is 0. The number of hydrogen-bond donors (Lipinski definition) is 1. The fourth-order valence-electron chi connectivity index (χ4n) is 2.84. The summed E-state index contributed by atoms with van der Waals surface area (Å²) in [6.07, 6.45) is 13.1. The van der Waals surface area contributed by atoms with E-state index >= 15 is 0 Å². The Kier molecular flexibility index (Phi) is 3.86. The largest absolute Gasteiger partial charge is 0.311 e. The normalized spacial score (nSPS) is 35.8. The molecule has 2 saturated carbocycles. The highest BCUT2D eigenvalue weighted by Crippen LogP contribution is 2.28. The average Bonchev–Trinajstić information content (AvgIpc) is 2.14. The van der Waals surface area contributed by atoms with Crippen molar-refractivity contribution in [3.8, 4) is 0 Å². The Bertz CT molecular complexity index is 159. The summed E-state index contributed by atoms with van der Waals surface area (Å²) in [5.74, 6) is 0.945. The Morgan fingerprint density at radius 3 is 1.93 bits per heavy atom. The Morgan fingerprint density at radius 1 is 0.786 bits per heavy atom. The van der Waals surface area contributed by atoms with Gasteiger partial charge in [-0.05, 0) is 31.6 Å². The molecule has 0 saturated heterocycles. The first-order valence-electron chi connectivity index (χ1n) is 6.62. The van der Waals surface area contributed by atoms with Gasteiger partial charge in [-0.2, -0.15) is 0 Å². The first kappa shape index (κ1) is 10.5. The summed E-state index contributed by atoms with van der Waals surface area (Å²) in [6.45, 7) is 2.39. The quantitative estimate of drug-likeness (QED) is 0.711. The van der Waals surface area contributed by atoms with Gasteiger partial charge in [0.25, 0.3) is 0 Å². The molecule has 82 valence electrons. The lowest BCUT2D eigenvalue weighted by atomic mass is 9.80. The first-order chi connectivity index (χ1) is 6.86. The van der Waals surface area contributed by atoms with E-state index in [1.54, 1.807) is 0 Å². The Balaban J connectivity index is 1.71. The van der Waals surface area contributed by atoms with Crippen molar-refractivity contribution < 1.29 is 0 Å². The van der Waals surface area contributed by atoms with Crippen LogP contribution >= 0.6 is 0 Å². The average molecular weight is 195 g/mol. The van der Waals surface area contributed by atoms with Crippen molar-refractivity contribution in [1.29, 1.82) is 0 Å². The summed E-state index contributed by atoms with van der Waals surface area (Å²) >= 11 is 0. The minimum atomic E-state index is 0.850. The summed E-state index contributed by atoms with van der Waals surface area (Å²) in [7, 11) is 0. The van der Waals surface area contributed by atoms with Gasteiger partial charge in [0.1, 0.15) is 0 Å². The van der Waals surface area contributed by atoms with E-state index < -0.39 is 0 Å². The maximum atomic E-state index is 3.87. The standard InChI is InChI=1S/C13H25N/c1-11-9-10-13(11)14-12-7-5-3-2-4-6-8-12/h11-14H,2-10H2,1H3. The topological polar surface area (TPSA) is 12.0 Å². The molecule has 2 rings (SSSR count). The third-order valence-electron chi connectivity index (χ3n) is 4.17. The molecule has 2 fully saturated rings. The molecule has 0 amide bonds. The van der Waals surface area contributed by atoms with E-state index in [1.807, 2.05) is 0 Å². The van der Waals surface area contributed by atoms with Gasteiger partial charge < -0.3 is 5.32 Å². The fourth-order valence-corrected chi connectivity index (χ4v) is 2.84. The van der Waals surface area contributed by atoms with E-state index in [2.05, 4.69) is 12.2 Å². The van der Waals surface area contributed by atoms with Gasteiger partial charge in [0.15, 0.2) is 0 Å². The van der Waals surface area contributed by atoms with Crippen LogP contribution in [0.5, 0.6) is 0 Å². The van der Waals surface area contributed by atoms with Crippen LogP contribution in [0.15, 0.2) is 0 Å². The molecule has 0 spiro atoms. The highest BCUT2D eigenvalue weighted by molar-refractivity contribution is 4.86. The molecule has 0 bridgehead atoms. The molecule has 0 radical (unpaired) electrons. The molecular formula is C13H25N. The van der Waals surface area contributed by atoms with E-state index in [9.17, 15) is 0 Å². The van der Waals surface area contributed by atoms with Crippen LogP contribution in [0.25, 0.3) is 0 Å². The lowest BCUT2D eigenvalue weighted by Gasteiger charge is -2.38. The molecule has 0 aromatic heterocycles. The predicted octanol–water partition coefficient (Wildman–Crippen LogP) is 3.49. The minimum absolute atomic E-state index is 0.850. The van der Waals surface area contributed by atoms with Gasteiger partial charge in [0.2, 0.25) is 0 Å². The third-order valence-corrected chi connectivity index (χ3v) is 4.17. The molecular weight excluding hydrogens is 170 g/mol. The lowest BCUT2D eigenvalue weighted by molar-refractivity contribution is 0.197. The zero-order valence-corrected chi connectivity index (χ0v) is 9.60. The number of rotatable bonds is 2. The summed E-state index contributed by atoms with van der Waals surface area (Å²) in [4.78, 5) is 0. The van der Waals surface area contributed by atoms with Crippen molar-refractivity contribution in [2.24, 2.45) is 5.92 Å². The fraction of sp³-hybridized carbons (Fsp3) is 1.00. The van der Waals surface area contributed by atoms with Crippen molar-refractivity contribution in [2.75, 3.05) is 0 Å². The molecule has 0 aromatic carbocycles. The van der Waals surface area contributed by atoms with Crippen molar-refractivity contribution in [3.05, 3.63) is 0 Å². The highest BCUT2D eigenvalue weighted by Gasteiger charge is 2.28. The molecule has 1 N–H and O–H groups in total. The first-order valence-corrected chi connectivity index (χ1v) is 6.62. The molecule has 1 nitrogen and oxygen atoms in total. The second kappa shape index (κ2) is 5.16. The van der Waals surface area contributed by atoms with E-state index in [1.165, 1.54) is 57.8 Å². The van der Waals surface area contributed by atoms with Crippen LogP contribution in [0.1, 0.15) is 64.7 Å². The smallest absolute Gasteiger partial charge is 0.00954 e. The predicted molar refractivity (Wildman–Crippen MR) is 61.4 cm³/mol. The van der Waals surface area contributed by atoms with Crippen LogP contribution in [-0.4, -0.2) is 12.1 Å². The zero-order chi connectivity index (χ0) is 9.80. The van der Waals surface area contributed by atoms with Gasteiger partial charge in [-0.25, -0.2) is 0 Å². The second-order valence-corrected chi connectivity index (χ2v) is 5.37. The Morgan fingerprint density at radius 2 is 1.43 bits per heavy atom. The summed E-state index contributed by atoms with van der Waals surface area (Å²) in [5, 5.41) is 3.87. The van der Waals surface area contributed by atoms with Crippen molar-refractivity contribution >= 4 is 0 Å². The van der Waals surface area contributed by atoms with Gasteiger partial charge >= 0.3 is 0 Å². The van der Waals surface area contributed by atoms with E-state index in [0.29, 0.717) is 0 Å². The van der Waals surface area contributed by atoms with Gasteiger partial charge in [-0.15, -0.1) is 0 Å². The SMILES string of the molecule is CC1CCC1NC1CCCCCCC1. The van der Waals surface area contributed by atoms with E-state index in [0.717, 1.165) is 18.0 Å². The summed E-state index contributed by atoms with van der Waals surface area (Å²) in [6, 6.07) is 1.71. The minimum Gasteiger partial charge on any atom is -0.311 e. The molecule has 0 aliphatic heterocycles. The van der Waals surface area contributed by atoms with Gasteiger partial charge in [-0.1, -0.05) is 39.0 Å². The monoisotopic (exact) mass is 195 g/mol. The van der Waals surface area contributed by atoms with Gasteiger partial charge in [0, 0.05) is 12.1 Å². The number of hydrogen-bond acceptors (Lipinski definition) is 1. The molecule has 2 unspecified atom stereocenters. The van der Waals surface area contributed by atoms with Crippen LogP contribution < -0.4 is 5.32 Å². The maximum Gasteiger partial charge on any atom is 0.00954 e. The third kappa shape index (κ3) is 2.73. The molecule has 2 aliphatic carbocycles. The van der Waals surface area contributed by atoms with Crippen molar-refractivity contribution in [1.82, 2.24) is 5.32 Å². The van der Waals surface area contributed by atoms with Crippen LogP contribution in [0.4, 0.5) is 0 Å². The zero-order valence-electron chi connectivity index (χ0n) is 9.60. The molecule has 2 aliphatic rings. The lowest BCUT2D eigenvalue weighted by Crippen LogP contribution is -2.47. The molecule has 2 atom stereocenters. The Labute approximate surface area is 88.7 Å².